The molecule has 0 fully saturated rings. The number of H-pyrrole nitrogens is 1. The highest BCUT2D eigenvalue weighted by Gasteiger charge is 2.10. The van der Waals surface area contributed by atoms with Gasteiger partial charge >= 0.3 is 0 Å². The minimum atomic E-state index is 0.241. The van der Waals surface area contributed by atoms with Gasteiger partial charge in [-0.2, -0.15) is 9.97 Å². The van der Waals surface area contributed by atoms with Gasteiger partial charge in [-0.25, -0.2) is 4.98 Å². The summed E-state index contributed by atoms with van der Waals surface area (Å²) in [4.78, 5) is 15.3. The molecule has 0 aromatic carbocycles. The van der Waals surface area contributed by atoms with Gasteiger partial charge in [-0.15, -0.1) is 0 Å². The lowest BCUT2D eigenvalue weighted by Crippen LogP contribution is -2.16. The zero-order chi connectivity index (χ0) is 11.5. The second kappa shape index (κ2) is 4.34. The highest BCUT2D eigenvalue weighted by molar-refractivity contribution is 5.83. The van der Waals surface area contributed by atoms with Crippen LogP contribution in [0.15, 0.2) is 6.33 Å². The van der Waals surface area contributed by atoms with Crippen molar-refractivity contribution < 1.29 is 0 Å². The predicted octanol–water partition coefficient (Wildman–Crippen LogP) is 1.54. The number of nitrogens with two attached hydrogens (primary N) is 1. The van der Waals surface area contributed by atoms with Crippen molar-refractivity contribution in [2.45, 2.75) is 32.7 Å². The predicted molar refractivity (Wildman–Crippen MR) is 64.1 cm³/mol. The molecular weight excluding hydrogens is 204 g/mol. The zero-order valence-electron chi connectivity index (χ0n) is 9.49. The quantitative estimate of drug-likeness (QED) is 0.726. The molecule has 0 amide bonds. The highest BCUT2D eigenvalue weighted by Crippen LogP contribution is 2.18. The molecular formula is C10H16N6. The number of anilines is 2. The molecule has 0 aliphatic heterocycles. The van der Waals surface area contributed by atoms with Crippen molar-refractivity contribution in [1.82, 2.24) is 19.9 Å². The second-order valence-electron chi connectivity index (χ2n) is 3.87. The van der Waals surface area contributed by atoms with Crippen LogP contribution in [0.1, 0.15) is 26.7 Å². The fourth-order valence-corrected chi connectivity index (χ4v) is 1.69. The molecule has 0 aliphatic carbocycles. The molecule has 1 atom stereocenters. The molecule has 2 rings (SSSR count). The SMILES string of the molecule is CCCC(C)Nc1nc(N)nc2nc[nH]c12. The number of hydrogen-bond acceptors (Lipinski definition) is 5. The van der Waals surface area contributed by atoms with Crippen LogP contribution in [0, 0.1) is 0 Å². The maximum absolute atomic E-state index is 5.62. The Labute approximate surface area is 93.7 Å². The van der Waals surface area contributed by atoms with Gasteiger partial charge in [0.2, 0.25) is 5.95 Å². The van der Waals surface area contributed by atoms with Gasteiger partial charge in [-0.1, -0.05) is 13.3 Å². The fraction of sp³-hybridized carbons (Fsp3) is 0.500. The fourth-order valence-electron chi connectivity index (χ4n) is 1.69. The van der Waals surface area contributed by atoms with Crippen molar-refractivity contribution in [2.24, 2.45) is 0 Å². The number of aromatic amines is 1. The average Bonchev–Trinajstić information content (AvgIpc) is 2.65. The molecule has 2 aromatic rings. The highest BCUT2D eigenvalue weighted by atomic mass is 15.1. The molecule has 0 saturated carbocycles. The van der Waals surface area contributed by atoms with Crippen molar-refractivity contribution >= 4 is 22.9 Å². The number of aromatic nitrogens is 4. The summed E-state index contributed by atoms with van der Waals surface area (Å²) in [5, 5.41) is 3.31. The molecule has 6 heteroatoms. The molecule has 0 spiro atoms. The van der Waals surface area contributed by atoms with E-state index < -0.39 is 0 Å². The molecule has 0 aliphatic rings. The van der Waals surface area contributed by atoms with Crippen LogP contribution in [0.25, 0.3) is 11.2 Å². The van der Waals surface area contributed by atoms with E-state index in [-0.39, 0.29) is 5.95 Å². The van der Waals surface area contributed by atoms with E-state index in [2.05, 4.69) is 39.1 Å². The van der Waals surface area contributed by atoms with Gasteiger partial charge in [-0.3, -0.25) is 0 Å². The first kappa shape index (κ1) is 10.7. The van der Waals surface area contributed by atoms with E-state index in [4.69, 9.17) is 5.73 Å². The van der Waals surface area contributed by atoms with Gasteiger partial charge in [0.25, 0.3) is 0 Å². The maximum Gasteiger partial charge on any atom is 0.224 e. The summed E-state index contributed by atoms with van der Waals surface area (Å²) in [6.45, 7) is 4.27. The van der Waals surface area contributed by atoms with Gasteiger partial charge in [0.15, 0.2) is 11.5 Å². The van der Waals surface area contributed by atoms with Crippen LogP contribution in [0.2, 0.25) is 0 Å². The first-order chi connectivity index (χ1) is 7.70. The largest absolute Gasteiger partial charge is 0.368 e. The lowest BCUT2D eigenvalue weighted by atomic mass is 10.2. The lowest BCUT2D eigenvalue weighted by molar-refractivity contribution is 0.688. The van der Waals surface area contributed by atoms with Gasteiger partial charge in [-0.05, 0) is 13.3 Å². The molecule has 0 saturated heterocycles. The molecule has 0 radical (unpaired) electrons. The molecule has 86 valence electrons. The van der Waals surface area contributed by atoms with Crippen molar-refractivity contribution in [1.29, 1.82) is 0 Å². The van der Waals surface area contributed by atoms with Crippen LogP contribution < -0.4 is 11.1 Å². The average molecular weight is 220 g/mol. The lowest BCUT2D eigenvalue weighted by Gasteiger charge is -2.13. The summed E-state index contributed by atoms with van der Waals surface area (Å²) in [6.07, 6.45) is 3.80. The van der Waals surface area contributed by atoms with Crippen LogP contribution >= 0.6 is 0 Å². The van der Waals surface area contributed by atoms with Crippen molar-refractivity contribution in [2.75, 3.05) is 11.1 Å². The zero-order valence-corrected chi connectivity index (χ0v) is 9.49. The van der Waals surface area contributed by atoms with Crippen molar-refractivity contribution in [3.63, 3.8) is 0 Å². The van der Waals surface area contributed by atoms with Gasteiger partial charge in [0, 0.05) is 6.04 Å². The van der Waals surface area contributed by atoms with Crippen LogP contribution in [0.5, 0.6) is 0 Å². The Hall–Kier alpha value is -1.85. The van der Waals surface area contributed by atoms with Gasteiger partial charge in [0.05, 0.1) is 6.33 Å². The number of imidazole rings is 1. The standard InChI is InChI=1S/C10H16N6/c1-3-4-6(2)14-9-7-8(13-5-12-7)15-10(11)16-9/h5-6H,3-4H2,1-2H3,(H4,11,12,13,14,15,16). The topological polar surface area (TPSA) is 92.5 Å². The van der Waals surface area contributed by atoms with E-state index in [1.54, 1.807) is 6.33 Å². The number of rotatable bonds is 4. The molecule has 2 heterocycles. The number of nitrogens with one attached hydrogen (secondary N) is 2. The summed E-state index contributed by atoms with van der Waals surface area (Å²) in [5.41, 5.74) is 7.02. The summed E-state index contributed by atoms with van der Waals surface area (Å²) in [5.74, 6) is 0.965. The van der Waals surface area contributed by atoms with E-state index >= 15 is 0 Å². The minimum absolute atomic E-state index is 0.241. The summed E-state index contributed by atoms with van der Waals surface area (Å²) < 4.78 is 0. The maximum atomic E-state index is 5.62. The Kier molecular flexibility index (Phi) is 2.89. The molecule has 2 aromatic heterocycles. The first-order valence-corrected chi connectivity index (χ1v) is 5.43. The van der Waals surface area contributed by atoms with E-state index in [0.29, 0.717) is 11.7 Å². The minimum Gasteiger partial charge on any atom is -0.368 e. The third kappa shape index (κ3) is 2.05. The number of fused-ring (bicyclic) bond motifs is 1. The Morgan fingerprint density at radius 3 is 3.06 bits per heavy atom. The Morgan fingerprint density at radius 2 is 2.31 bits per heavy atom. The summed E-state index contributed by atoms with van der Waals surface area (Å²) >= 11 is 0. The Balaban J connectivity index is 2.31. The van der Waals surface area contributed by atoms with Crippen LogP contribution in [0.4, 0.5) is 11.8 Å². The number of nitrogens with zero attached hydrogens (tertiary/aromatic N) is 3. The monoisotopic (exact) mass is 220 g/mol. The van der Waals surface area contributed by atoms with E-state index in [9.17, 15) is 0 Å². The Morgan fingerprint density at radius 1 is 1.50 bits per heavy atom. The molecule has 0 bridgehead atoms. The normalized spacial score (nSPS) is 12.9. The van der Waals surface area contributed by atoms with E-state index in [1.807, 2.05) is 0 Å². The van der Waals surface area contributed by atoms with Crippen LogP contribution in [-0.4, -0.2) is 26.0 Å². The van der Waals surface area contributed by atoms with Gasteiger partial charge in [0.1, 0.15) is 5.52 Å². The van der Waals surface area contributed by atoms with Crippen molar-refractivity contribution in [3.05, 3.63) is 6.33 Å². The van der Waals surface area contributed by atoms with Crippen LogP contribution in [0.3, 0.4) is 0 Å². The number of nitrogen functional groups attached to an aromatic ring is 1. The van der Waals surface area contributed by atoms with Gasteiger partial charge < -0.3 is 16.0 Å². The van der Waals surface area contributed by atoms with Crippen LogP contribution in [-0.2, 0) is 0 Å². The third-order valence-electron chi connectivity index (χ3n) is 2.41. The van der Waals surface area contributed by atoms with Crippen molar-refractivity contribution in [3.8, 4) is 0 Å². The van der Waals surface area contributed by atoms with E-state index in [0.717, 1.165) is 24.2 Å². The van der Waals surface area contributed by atoms with E-state index in [1.165, 1.54) is 0 Å². The summed E-state index contributed by atoms with van der Waals surface area (Å²) in [7, 11) is 0. The molecule has 6 nitrogen and oxygen atoms in total. The molecule has 16 heavy (non-hydrogen) atoms. The smallest absolute Gasteiger partial charge is 0.224 e. The number of hydrogen-bond donors (Lipinski definition) is 3. The molecule has 4 N–H and O–H groups in total. The molecule has 1 unspecified atom stereocenters. The summed E-state index contributed by atoms with van der Waals surface area (Å²) in [6, 6.07) is 0.353. The Bertz CT molecular complexity index is 477. The second-order valence-corrected chi connectivity index (χ2v) is 3.87. The first-order valence-electron chi connectivity index (χ1n) is 5.43. The third-order valence-corrected chi connectivity index (χ3v) is 2.41.